The first kappa shape index (κ1) is 28.8. The van der Waals surface area contributed by atoms with Crippen molar-refractivity contribution in [1.82, 2.24) is 9.13 Å². The van der Waals surface area contributed by atoms with Crippen LogP contribution in [0.5, 0.6) is 0 Å². The highest BCUT2D eigenvalue weighted by molar-refractivity contribution is 6.11. The van der Waals surface area contributed by atoms with Crippen LogP contribution in [0.2, 0.25) is 0 Å². The molecule has 0 aliphatic rings. The van der Waals surface area contributed by atoms with Crippen LogP contribution in [-0.2, 0) is 0 Å². The smallest absolute Gasteiger partial charge is 0.211 e. The number of hydrogen-bond acceptors (Lipinski definition) is 2. The van der Waals surface area contributed by atoms with Crippen molar-refractivity contribution in [2.24, 2.45) is 0 Å². The lowest BCUT2D eigenvalue weighted by molar-refractivity contribution is 1.17. The van der Waals surface area contributed by atoms with Gasteiger partial charge in [0, 0.05) is 21.5 Å². The molecule has 0 amide bonds. The van der Waals surface area contributed by atoms with Crippen molar-refractivity contribution in [1.29, 1.82) is 10.5 Å². The number of nitrogens with zero attached hydrogens (tertiary/aromatic N) is 5. The Balaban J connectivity index is 1.19. The molecule has 0 saturated carbocycles. The van der Waals surface area contributed by atoms with Crippen LogP contribution < -0.4 is 0 Å². The Hall–Kier alpha value is -7.39. The number of benzene rings is 7. The summed E-state index contributed by atoms with van der Waals surface area (Å²) < 4.78 is 4.34. The Bertz CT molecular complexity index is 2900. The fourth-order valence-electron chi connectivity index (χ4n) is 7.39. The van der Waals surface area contributed by atoms with Gasteiger partial charge in [-0.05, 0) is 70.8 Å². The highest BCUT2D eigenvalue weighted by Crippen LogP contribution is 2.41. The van der Waals surface area contributed by atoms with E-state index >= 15 is 0 Å². The van der Waals surface area contributed by atoms with Crippen LogP contribution >= 0.6 is 0 Å². The number of nitriles is 2. The summed E-state index contributed by atoms with van der Waals surface area (Å²) in [6.07, 6.45) is 0. The zero-order chi connectivity index (χ0) is 33.8. The Morgan fingerprint density at radius 1 is 0.480 bits per heavy atom. The average molecular weight is 636 g/mol. The second kappa shape index (κ2) is 11.4. The Morgan fingerprint density at radius 3 is 1.70 bits per heavy atom. The molecule has 0 bridgehead atoms. The molecule has 7 aromatic carbocycles. The lowest BCUT2D eigenvalue weighted by Crippen LogP contribution is -1.99. The van der Waals surface area contributed by atoms with E-state index in [4.69, 9.17) is 6.57 Å². The van der Waals surface area contributed by atoms with E-state index in [1.165, 1.54) is 0 Å². The maximum atomic E-state index is 10.2. The van der Waals surface area contributed by atoms with E-state index in [2.05, 4.69) is 111 Å². The zero-order valence-corrected chi connectivity index (χ0v) is 26.7. The second-order valence-corrected chi connectivity index (χ2v) is 12.3. The topological polar surface area (TPSA) is 61.8 Å². The van der Waals surface area contributed by atoms with Crippen molar-refractivity contribution in [3.8, 4) is 45.8 Å². The summed E-state index contributed by atoms with van der Waals surface area (Å²) in [5.41, 5.74) is 11.4. The van der Waals surface area contributed by atoms with Gasteiger partial charge in [-0.3, -0.25) is 0 Å². The van der Waals surface area contributed by atoms with Crippen LogP contribution in [0.4, 0.5) is 5.69 Å². The van der Waals surface area contributed by atoms with E-state index in [-0.39, 0.29) is 0 Å². The van der Waals surface area contributed by atoms with Gasteiger partial charge in [-0.2, -0.15) is 10.5 Å². The summed E-state index contributed by atoms with van der Waals surface area (Å²) in [5, 5.41) is 24.1. The summed E-state index contributed by atoms with van der Waals surface area (Å²) in [6, 6.07) is 55.4. The van der Waals surface area contributed by atoms with Crippen molar-refractivity contribution in [2.45, 2.75) is 0 Å². The van der Waals surface area contributed by atoms with Crippen LogP contribution in [0, 0.1) is 29.2 Å². The molecule has 9 rings (SSSR count). The molecule has 0 fully saturated rings. The Kier molecular flexibility index (Phi) is 6.56. The molecule has 2 aromatic heterocycles. The highest BCUT2D eigenvalue weighted by atomic mass is 15.0. The molecule has 0 spiro atoms. The van der Waals surface area contributed by atoms with Crippen LogP contribution in [0.3, 0.4) is 0 Å². The summed E-state index contributed by atoms with van der Waals surface area (Å²) in [5.74, 6) is 0. The molecule has 0 radical (unpaired) electrons. The van der Waals surface area contributed by atoms with Gasteiger partial charge in [-0.1, -0.05) is 103 Å². The number of rotatable bonds is 4. The third-order valence-electron chi connectivity index (χ3n) is 9.63. The molecule has 5 nitrogen and oxygen atoms in total. The highest BCUT2D eigenvalue weighted by Gasteiger charge is 2.19. The van der Waals surface area contributed by atoms with Crippen molar-refractivity contribution < 1.29 is 0 Å². The van der Waals surface area contributed by atoms with Crippen molar-refractivity contribution in [2.75, 3.05) is 0 Å². The molecule has 2 heterocycles. The van der Waals surface area contributed by atoms with E-state index in [0.717, 1.165) is 77.2 Å². The summed E-state index contributed by atoms with van der Waals surface area (Å²) in [7, 11) is 0. The minimum atomic E-state index is 0.559. The molecule has 9 aromatic rings. The first-order valence-electron chi connectivity index (χ1n) is 16.3. The lowest BCUT2D eigenvalue weighted by Gasteiger charge is -2.16. The van der Waals surface area contributed by atoms with Crippen LogP contribution in [0.25, 0.3) is 82.1 Å². The molecule has 230 valence electrons. The van der Waals surface area contributed by atoms with Gasteiger partial charge in [0.25, 0.3) is 0 Å². The number of hydrogen-bond donors (Lipinski definition) is 0. The van der Waals surface area contributed by atoms with Crippen LogP contribution in [-0.4, -0.2) is 9.13 Å². The van der Waals surface area contributed by atoms with E-state index < -0.39 is 0 Å². The average Bonchev–Trinajstić information content (AvgIpc) is 3.69. The number of aromatic nitrogens is 2. The van der Waals surface area contributed by atoms with E-state index in [9.17, 15) is 10.5 Å². The monoisotopic (exact) mass is 635 g/mol. The summed E-state index contributed by atoms with van der Waals surface area (Å²) in [6.45, 7) is 8.11. The van der Waals surface area contributed by atoms with E-state index in [1.807, 2.05) is 66.7 Å². The number of fused-ring (bicyclic) bond motifs is 6. The zero-order valence-electron chi connectivity index (χ0n) is 26.7. The van der Waals surface area contributed by atoms with Gasteiger partial charge in [0.05, 0.1) is 57.2 Å². The van der Waals surface area contributed by atoms with Gasteiger partial charge < -0.3 is 9.13 Å². The van der Waals surface area contributed by atoms with Gasteiger partial charge in [-0.15, -0.1) is 0 Å². The maximum absolute atomic E-state index is 10.2. The third-order valence-corrected chi connectivity index (χ3v) is 9.63. The lowest BCUT2D eigenvalue weighted by atomic mass is 9.97. The molecule has 50 heavy (non-hydrogen) atoms. The Labute approximate surface area is 288 Å². The predicted molar refractivity (Wildman–Crippen MR) is 202 cm³/mol. The van der Waals surface area contributed by atoms with Gasteiger partial charge in [-0.25, -0.2) is 4.85 Å². The summed E-state index contributed by atoms with van der Waals surface area (Å²) in [4.78, 5) is 3.98. The number of para-hydroxylation sites is 4. The molecule has 0 unspecified atom stereocenters. The molecular formula is C45H25N5. The minimum absolute atomic E-state index is 0.559. The maximum Gasteiger partial charge on any atom is 0.211 e. The predicted octanol–water partition coefficient (Wildman–Crippen LogP) is 11.5. The van der Waals surface area contributed by atoms with Crippen molar-refractivity contribution >= 4 is 49.3 Å². The third kappa shape index (κ3) is 4.31. The first-order valence-corrected chi connectivity index (χ1v) is 16.3. The second-order valence-electron chi connectivity index (χ2n) is 12.3. The molecule has 0 aliphatic heterocycles. The van der Waals surface area contributed by atoms with Crippen LogP contribution in [0.15, 0.2) is 152 Å². The molecule has 0 saturated heterocycles. The minimum Gasteiger partial charge on any atom is -0.318 e. The molecule has 0 atom stereocenters. The van der Waals surface area contributed by atoms with Gasteiger partial charge in [0.15, 0.2) is 0 Å². The van der Waals surface area contributed by atoms with Gasteiger partial charge in [0.2, 0.25) is 5.69 Å². The van der Waals surface area contributed by atoms with Gasteiger partial charge >= 0.3 is 0 Å². The van der Waals surface area contributed by atoms with E-state index in [0.29, 0.717) is 16.8 Å². The standard InChI is InChI=1S/C45H25N5/c1-48-39-13-8-12-34(45(39)50-41-15-6-2-9-35(41)36-10-3-7-16-42(36)50)31-20-18-30(19-21-31)32-22-23-33(28-47)44(26-32)49-40-14-5-4-11-37(40)38-25-29(27-46)17-24-43(38)49/h2-26H. The first-order chi connectivity index (χ1) is 24.7. The molecular weight excluding hydrogens is 611 g/mol. The van der Waals surface area contributed by atoms with Gasteiger partial charge in [0.1, 0.15) is 6.07 Å². The fourth-order valence-corrected chi connectivity index (χ4v) is 7.39. The molecule has 5 heteroatoms. The van der Waals surface area contributed by atoms with Crippen molar-refractivity contribution in [3.63, 3.8) is 0 Å². The molecule has 0 N–H and O–H groups in total. The normalized spacial score (nSPS) is 11.1. The summed E-state index contributed by atoms with van der Waals surface area (Å²) >= 11 is 0. The Morgan fingerprint density at radius 2 is 1.06 bits per heavy atom. The molecule has 0 aliphatic carbocycles. The van der Waals surface area contributed by atoms with Crippen LogP contribution in [0.1, 0.15) is 11.1 Å². The van der Waals surface area contributed by atoms with E-state index in [1.54, 1.807) is 0 Å². The quantitative estimate of drug-likeness (QED) is 0.181. The largest absolute Gasteiger partial charge is 0.318 e. The van der Waals surface area contributed by atoms with Crippen molar-refractivity contribution in [3.05, 3.63) is 174 Å². The fraction of sp³-hybridized carbons (Fsp3) is 0. The SMILES string of the molecule is [C-]#[N+]c1cccc(-c2ccc(-c3ccc(C#N)c(-n4c5ccccc5c5cc(C#N)ccc54)c3)cc2)c1-n1c2ccccc2c2ccccc21.